The molecule has 2 aliphatic heterocycles. The summed E-state index contributed by atoms with van der Waals surface area (Å²) in [5, 5.41) is 40.9. The Kier molecular flexibility index (Phi) is 13.7. The minimum absolute atomic E-state index is 0.304. The Balaban J connectivity index is 0.000000404. The molecule has 13 nitrogen and oxygen atoms in total. The van der Waals surface area contributed by atoms with Crippen LogP contribution >= 0.6 is 11.3 Å². The normalized spacial score (nSPS) is 14.3. The SMILES string of the molecule is Cc1cc(Cc2c(-c3ccc(OCCN4CCCC4)nc3)sc3cc(O)ccc23)ccc1CN1CCCC1.O=C(O)C(=O)O.O=C(O)C(=O)O. The smallest absolute Gasteiger partial charge is 0.414 e. The van der Waals surface area contributed by atoms with Crippen LogP contribution in [-0.4, -0.2) is 104 Å². The van der Waals surface area contributed by atoms with E-state index < -0.39 is 23.9 Å². The average Bonchev–Trinajstić information content (AvgIpc) is 3.86. The molecule has 5 N–H and O–H groups in total. The van der Waals surface area contributed by atoms with Gasteiger partial charge in [0.15, 0.2) is 0 Å². The number of aromatic nitrogens is 1. The number of phenols is 1. The molecular formula is C36H41N3O10S. The van der Waals surface area contributed by atoms with E-state index in [4.69, 9.17) is 44.3 Å². The van der Waals surface area contributed by atoms with Crippen molar-refractivity contribution in [1.29, 1.82) is 0 Å². The number of phenolic OH excluding ortho intramolecular Hbond substituents is 1. The lowest BCUT2D eigenvalue weighted by molar-refractivity contribution is -0.159. The number of carboxylic acid groups (broad SMARTS) is 4. The van der Waals surface area contributed by atoms with E-state index in [9.17, 15) is 5.11 Å². The summed E-state index contributed by atoms with van der Waals surface area (Å²) >= 11 is 1.73. The summed E-state index contributed by atoms with van der Waals surface area (Å²) in [4.78, 5) is 47.3. The minimum Gasteiger partial charge on any atom is -0.508 e. The fraction of sp³-hybridized carbons (Fsp3) is 0.361. The number of pyridine rings is 1. The Morgan fingerprint density at radius 3 is 1.98 bits per heavy atom. The van der Waals surface area contributed by atoms with Crippen LogP contribution in [0.25, 0.3) is 20.5 Å². The first kappa shape index (κ1) is 37.8. The van der Waals surface area contributed by atoms with Gasteiger partial charge in [0.05, 0.1) is 0 Å². The highest BCUT2D eigenvalue weighted by molar-refractivity contribution is 7.22. The molecule has 2 aliphatic rings. The molecule has 0 atom stereocenters. The minimum atomic E-state index is -1.82. The molecule has 2 fully saturated rings. The van der Waals surface area contributed by atoms with E-state index in [1.807, 2.05) is 18.3 Å². The van der Waals surface area contributed by atoms with Gasteiger partial charge < -0.3 is 30.3 Å². The third kappa shape index (κ3) is 11.0. The van der Waals surface area contributed by atoms with Crippen LogP contribution in [0, 0.1) is 6.92 Å². The predicted molar refractivity (Wildman–Crippen MR) is 187 cm³/mol. The molecule has 4 aromatic rings. The molecule has 2 aromatic heterocycles. The molecule has 2 saturated heterocycles. The second kappa shape index (κ2) is 18.1. The van der Waals surface area contributed by atoms with Crippen molar-refractivity contribution in [3.8, 4) is 22.1 Å². The molecule has 2 aromatic carbocycles. The second-order valence-electron chi connectivity index (χ2n) is 12.0. The van der Waals surface area contributed by atoms with Gasteiger partial charge in [0.1, 0.15) is 12.4 Å². The Hall–Kier alpha value is -5.05. The predicted octanol–water partition coefficient (Wildman–Crippen LogP) is 4.95. The number of ether oxygens (including phenoxy) is 1. The van der Waals surface area contributed by atoms with E-state index >= 15 is 0 Å². The largest absolute Gasteiger partial charge is 0.508 e. The number of likely N-dealkylation sites (tertiary alicyclic amines) is 2. The maximum absolute atomic E-state index is 10.1. The number of carbonyl (C=O) groups is 4. The topological polar surface area (TPSA) is 198 Å². The Bertz CT molecular complexity index is 1750. The standard InChI is InChI=1S/C32H37N3O2S.2C2H2O4/c1-23-18-24(6-7-26(23)22-35-14-4-5-15-35)19-29-28-10-9-27(36)20-30(28)38-32(29)25-8-11-31(33-21-25)37-17-16-34-12-2-3-13-34;2*3-1(4)2(5)6/h6-11,18,20-21,36H,2-5,12-17,19,22H2,1H3;2*(H,3,4)(H,5,6). The number of hydrogen-bond donors (Lipinski definition) is 5. The number of hydrogen-bond acceptors (Lipinski definition) is 10. The summed E-state index contributed by atoms with van der Waals surface area (Å²) in [6.07, 6.45) is 8.01. The zero-order chi connectivity index (χ0) is 36.2. The lowest BCUT2D eigenvalue weighted by Crippen LogP contribution is -2.25. The van der Waals surface area contributed by atoms with Gasteiger partial charge in [-0.1, -0.05) is 18.2 Å². The summed E-state index contributed by atoms with van der Waals surface area (Å²) < 4.78 is 7.05. The lowest BCUT2D eigenvalue weighted by Gasteiger charge is -2.17. The van der Waals surface area contributed by atoms with Crippen molar-refractivity contribution in [3.05, 3.63) is 77.0 Å². The van der Waals surface area contributed by atoms with Gasteiger partial charge in [-0.2, -0.15) is 0 Å². The van der Waals surface area contributed by atoms with E-state index in [-0.39, 0.29) is 0 Å². The summed E-state index contributed by atoms with van der Waals surface area (Å²) in [6.45, 7) is 9.73. The highest BCUT2D eigenvalue weighted by Crippen LogP contribution is 2.41. The second-order valence-corrected chi connectivity index (χ2v) is 13.1. The van der Waals surface area contributed by atoms with Gasteiger partial charge in [-0.05, 0) is 117 Å². The van der Waals surface area contributed by atoms with Crippen molar-refractivity contribution in [3.63, 3.8) is 0 Å². The molecule has 0 spiro atoms. The van der Waals surface area contributed by atoms with Crippen molar-refractivity contribution in [2.45, 2.75) is 45.6 Å². The summed E-state index contributed by atoms with van der Waals surface area (Å²) in [5.74, 6) is -6.31. The van der Waals surface area contributed by atoms with Crippen LogP contribution in [0.15, 0.2) is 54.7 Å². The third-order valence-electron chi connectivity index (χ3n) is 8.38. The molecule has 14 heteroatoms. The number of fused-ring (bicyclic) bond motifs is 1. The molecule has 0 bridgehead atoms. The number of carboxylic acids is 4. The van der Waals surface area contributed by atoms with Gasteiger partial charge >= 0.3 is 23.9 Å². The van der Waals surface area contributed by atoms with Crippen molar-refractivity contribution in [2.24, 2.45) is 0 Å². The van der Waals surface area contributed by atoms with E-state index in [0.29, 0.717) is 18.2 Å². The van der Waals surface area contributed by atoms with Crippen LogP contribution < -0.4 is 4.74 Å². The highest BCUT2D eigenvalue weighted by atomic mass is 32.1. The molecule has 0 aliphatic carbocycles. The maximum Gasteiger partial charge on any atom is 0.414 e. The number of benzene rings is 2. The molecule has 4 heterocycles. The van der Waals surface area contributed by atoms with E-state index in [0.717, 1.165) is 29.8 Å². The van der Waals surface area contributed by atoms with Crippen LogP contribution in [-0.2, 0) is 32.1 Å². The van der Waals surface area contributed by atoms with Gasteiger partial charge in [-0.3, -0.25) is 9.80 Å². The fourth-order valence-corrected chi connectivity index (χ4v) is 7.11. The van der Waals surface area contributed by atoms with Crippen molar-refractivity contribution < 1.29 is 49.4 Å². The van der Waals surface area contributed by atoms with Gasteiger partial charge in [0.2, 0.25) is 5.88 Å². The molecule has 266 valence electrons. The van der Waals surface area contributed by atoms with Crippen LogP contribution in [0.5, 0.6) is 11.6 Å². The van der Waals surface area contributed by atoms with E-state index in [1.165, 1.54) is 84.4 Å². The Morgan fingerprint density at radius 1 is 0.800 bits per heavy atom. The quantitative estimate of drug-likeness (QED) is 0.147. The summed E-state index contributed by atoms with van der Waals surface area (Å²) in [6, 6.07) is 16.8. The first-order valence-electron chi connectivity index (χ1n) is 16.2. The maximum atomic E-state index is 10.1. The first-order chi connectivity index (χ1) is 23.9. The molecule has 0 amide bonds. The number of aromatic hydroxyl groups is 1. The number of nitrogens with zero attached hydrogens (tertiary/aromatic N) is 3. The van der Waals surface area contributed by atoms with E-state index in [2.05, 4.69) is 52.0 Å². The number of aliphatic carboxylic acids is 4. The number of aryl methyl sites for hydroxylation is 1. The molecular weight excluding hydrogens is 666 g/mol. The summed E-state index contributed by atoms with van der Waals surface area (Å²) in [7, 11) is 0. The average molecular weight is 708 g/mol. The molecule has 0 saturated carbocycles. The van der Waals surface area contributed by atoms with Crippen molar-refractivity contribution in [1.82, 2.24) is 14.8 Å². The van der Waals surface area contributed by atoms with Crippen molar-refractivity contribution >= 4 is 45.3 Å². The molecule has 0 radical (unpaired) electrons. The fourth-order valence-electron chi connectivity index (χ4n) is 5.86. The number of rotatable bonds is 9. The first-order valence-corrected chi connectivity index (χ1v) is 17.0. The van der Waals surface area contributed by atoms with Gasteiger partial charge in [0.25, 0.3) is 0 Å². The van der Waals surface area contributed by atoms with Crippen LogP contribution in [0.3, 0.4) is 0 Å². The molecule has 0 unspecified atom stereocenters. The van der Waals surface area contributed by atoms with Crippen LogP contribution in [0.2, 0.25) is 0 Å². The third-order valence-corrected chi connectivity index (χ3v) is 9.62. The van der Waals surface area contributed by atoms with E-state index in [1.54, 1.807) is 17.4 Å². The van der Waals surface area contributed by atoms with Gasteiger partial charge in [-0.15, -0.1) is 11.3 Å². The molecule has 6 rings (SSSR count). The zero-order valence-electron chi connectivity index (χ0n) is 27.7. The summed E-state index contributed by atoms with van der Waals surface area (Å²) in [5.41, 5.74) is 6.50. The van der Waals surface area contributed by atoms with Crippen LogP contribution in [0.4, 0.5) is 0 Å². The Morgan fingerprint density at radius 2 is 1.42 bits per heavy atom. The monoisotopic (exact) mass is 707 g/mol. The highest BCUT2D eigenvalue weighted by Gasteiger charge is 2.18. The number of thiophene rings is 1. The lowest BCUT2D eigenvalue weighted by atomic mass is 9.96. The van der Waals surface area contributed by atoms with Crippen molar-refractivity contribution in [2.75, 3.05) is 39.3 Å². The molecule has 50 heavy (non-hydrogen) atoms. The van der Waals surface area contributed by atoms with Crippen LogP contribution in [0.1, 0.15) is 47.9 Å². The zero-order valence-corrected chi connectivity index (χ0v) is 28.5. The Labute approximate surface area is 293 Å². The van der Waals surface area contributed by atoms with Gasteiger partial charge in [0, 0.05) is 40.5 Å². The van der Waals surface area contributed by atoms with Gasteiger partial charge in [-0.25, -0.2) is 24.2 Å².